The molecule has 1 atom stereocenters. The average Bonchev–Trinajstić information content (AvgIpc) is 2.85. The van der Waals surface area contributed by atoms with Crippen LogP contribution in [0.5, 0.6) is 0 Å². The lowest BCUT2D eigenvalue weighted by Crippen LogP contribution is -2.16. The first-order valence-corrected chi connectivity index (χ1v) is 8.24. The highest BCUT2D eigenvalue weighted by Gasteiger charge is 2.14. The van der Waals surface area contributed by atoms with E-state index in [1.807, 2.05) is 20.9 Å². The zero-order valence-electron chi connectivity index (χ0n) is 15.1. The van der Waals surface area contributed by atoms with E-state index in [9.17, 15) is 9.59 Å². The summed E-state index contributed by atoms with van der Waals surface area (Å²) in [6, 6.07) is 7.02. The van der Waals surface area contributed by atoms with E-state index in [2.05, 4.69) is 15.1 Å². The largest absolute Gasteiger partial charge is 0.451 e. The fourth-order valence-electron chi connectivity index (χ4n) is 2.75. The Labute approximate surface area is 150 Å². The highest BCUT2D eigenvalue weighted by atomic mass is 16.5. The van der Waals surface area contributed by atoms with Gasteiger partial charge in [-0.15, -0.1) is 0 Å². The number of esters is 1. The van der Waals surface area contributed by atoms with Gasteiger partial charge in [-0.3, -0.25) is 9.48 Å². The van der Waals surface area contributed by atoms with Crippen molar-refractivity contribution in [2.45, 2.75) is 26.9 Å². The third-order valence-electron chi connectivity index (χ3n) is 4.26. The molecule has 134 valence electrons. The van der Waals surface area contributed by atoms with Crippen LogP contribution in [0.1, 0.15) is 35.8 Å². The molecular weight excluding hydrogens is 332 g/mol. The standard InChI is InChI=1S/C19H20N4O3/c1-11-14(12(2)23(4)22-11)9-10-17(24)26-13(3)18-20-16-8-6-5-7-15(16)19(25)21-18/h5-10,13H,1-4H3,(H,20,21,25)/b10-9+/t13-/m1/s1. The van der Waals surface area contributed by atoms with Gasteiger partial charge in [0.25, 0.3) is 5.56 Å². The fourth-order valence-corrected chi connectivity index (χ4v) is 2.75. The van der Waals surface area contributed by atoms with Crippen molar-refractivity contribution in [1.82, 2.24) is 19.7 Å². The molecule has 26 heavy (non-hydrogen) atoms. The Balaban J connectivity index is 1.77. The van der Waals surface area contributed by atoms with Crippen molar-refractivity contribution >= 4 is 22.9 Å². The monoisotopic (exact) mass is 352 g/mol. The smallest absolute Gasteiger partial charge is 0.331 e. The van der Waals surface area contributed by atoms with E-state index in [1.165, 1.54) is 6.08 Å². The van der Waals surface area contributed by atoms with Crippen LogP contribution >= 0.6 is 0 Å². The minimum atomic E-state index is -0.680. The molecule has 0 aliphatic rings. The van der Waals surface area contributed by atoms with Crippen LogP contribution in [0.25, 0.3) is 17.0 Å². The molecule has 2 heterocycles. The zero-order valence-corrected chi connectivity index (χ0v) is 15.1. The lowest BCUT2D eigenvalue weighted by atomic mass is 10.2. The van der Waals surface area contributed by atoms with Crippen LogP contribution in [0.4, 0.5) is 0 Å². The van der Waals surface area contributed by atoms with Crippen molar-refractivity contribution in [1.29, 1.82) is 0 Å². The molecule has 0 unspecified atom stereocenters. The first-order valence-electron chi connectivity index (χ1n) is 8.24. The molecule has 7 nitrogen and oxygen atoms in total. The number of rotatable bonds is 4. The Morgan fingerprint density at radius 1 is 1.31 bits per heavy atom. The number of H-pyrrole nitrogens is 1. The van der Waals surface area contributed by atoms with Gasteiger partial charge in [-0.2, -0.15) is 5.10 Å². The zero-order chi connectivity index (χ0) is 18.8. The molecule has 0 saturated heterocycles. The summed E-state index contributed by atoms with van der Waals surface area (Å²) < 4.78 is 7.12. The third-order valence-corrected chi connectivity index (χ3v) is 4.26. The number of aromatic nitrogens is 4. The molecule has 0 aliphatic heterocycles. The van der Waals surface area contributed by atoms with Crippen molar-refractivity contribution in [3.63, 3.8) is 0 Å². The molecule has 7 heteroatoms. The number of benzene rings is 1. The van der Waals surface area contributed by atoms with E-state index in [1.54, 1.807) is 41.9 Å². The molecule has 0 radical (unpaired) electrons. The number of ether oxygens (including phenoxy) is 1. The Hall–Kier alpha value is -3.22. The Kier molecular flexibility index (Phi) is 4.71. The van der Waals surface area contributed by atoms with Gasteiger partial charge in [-0.25, -0.2) is 9.78 Å². The number of aryl methyl sites for hydroxylation is 2. The van der Waals surface area contributed by atoms with Gasteiger partial charge < -0.3 is 9.72 Å². The second kappa shape index (κ2) is 6.95. The number of carbonyl (C=O) groups excluding carboxylic acids is 1. The first-order chi connectivity index (χ1) is 12.4. The predicted molar refractivity (Wildman–Crippen MR) is 98.6 cm³/mol. The van der Waals surface area contributed by atoms with Crippen LogP contribution in [0.15, 0.2) is 35.1 Å². The van der Waals surface area contributed by atoms with Crippen LogP contribution in [-0.2, 0) is 16.6 Å². The van der Waals surface area contributed by atoms with Crippen molar-refractivity contribution in [3.8, 4) is 0 Å². The third kappa shape index (κ3) is 3.42. The minimum Gasteiger partial charge on any atom is -0.451 e. The maximum Gasteiger partial charge on any atom is 0.331 e. The van der Waals surface area contributed by atoms with Crippen molar-refractivity contribution in [3.05, 3.63) is 63.5 Å². The molecule has 0 aliphatic carbocycles. The van der Waals surface area contributed by atoms with E-state index in [0.29, 0.717) is 16.7 Å². The number of carbonyl (C=O) groups is 1. The molecule has 1 N–H and O–H groups in total. The molecule has 3 aromatic rings. The van der Waals surface area contributed by atoms with E-state index in [4.69, 9.17) is 4.74 Å². The summed E-state index contributed by atoms with van der Waals surface area (Å²) in [5, 5.41) is 4.80. The van der Waals surface area contributed by atoms with Gasteiger partial charge in [0.2, 0.25) is 0 Å². The number of hydrogen-bond acceptors (Lipinski definition) is 5. The molecule has 0 fully saturated rings. The second-order valence-corrected chi connectivity index (χ2v) is 6.09. The summed E-state index contributed by atoms with van der Waals surface area (Å²) in [5.41, 5.74) is 2.98. The molecule has 0 spiro atoms. The van der Waals surface area contributed by atoms with Crippen molar-refractivity contribution < 1.29 is 9.53 Å². The molecule has 2 aromatic heterocycles. The van der Waals surface area contributed by atoms with E-state index >= 15 is 0 Å². The molecular formula is C19H20N4O3. The van der Waals surface area contributed by atoms with Crippen molar-refractivity contribution in [2.75, 3.05) is 0 Å². The van der Waals surface area contributed by atoms with E-state index < -0.39 is 12.1 Å². The van der Waals surface area contributed by atoms with Crippen molar-refractivity contribution in [2.24, 2.45) is 7.05 Å². The van der Waals surface area contributed by atoms with Gasteiger partial charge in [0.05, 0.1) is 16.6 Å². The number of hydrogen-bond donors (Lipinski definition) is 1. The van der Waals surface area contributed by atoms with Crippen LogP contribution < -0.4 is 5.56 Å². The van der Waals surface area contributed by atoms with Crippen LogP contribution in [0.2, 0.25) is 0 Å². The second-order valence-electron chi connectivity index (χ2n) is 6.09. The molecule has 0 saturated carbocycles. The highest BCUT2D eigenvalue weighted by molar-refractivity contribution is 5.87. The number of nitrogens with one attached hydrogen (secondary N) is 1. The van der Waals surface area contributed by atoms with Gasteiger partial charge in [0.1, 0.15) is 0 Å². The number of aromatic amines is 1. The Morgan fingerprint density at radius 2 is 2.04 bits per heavy atom. The number of nitrogens with zero attached hydrogens (tertiary/aromatic N) is 3. The Morgan fingerprint density at radius 3 is 2.73 bits per heavy atom. The fraction of sp³-hybridized carbons (Fsp3) is 0.263. The van der Waals surface area contributed by atoms with Gasteiger partial charge in [0, 0.05) is 24.4 Å². The normalized spacial score (nSPS) is 12.6. The topological polar surface area (TPSA) is 89.9 Å². The maximum absolute atomic E-state index is 12.1. The lowest BCUT2D eigenvalue weighted by molar-refractivity contribution is -0.142. The average molecular weight is 352 g/mol. The first kappa shape index (κ1) is 17.6. The van der Waals surface area contributed by atoms with Gasteiger partial charge in [0.15, 0.2) is 11.9 Å². The SMILES string of the molecule is Cc1nn(C)c(C)c1/C=C/C(=O)O[C@H](C)c1nc2ccccc2c(=O)[nH]1. The number of fused-ring (bicyclic) bond motifs is 1. The maximum atomic E-state index is 12.1. The van der Waals surface area contributed by atoms with Gasteiger partial charge >= 0.3 is 5.97 Å². The molecule has 1 aromatic carbocycles. The van der Waals surface area contributed by atoms with Gasteiger partial charge in [-0.05, 0) is 39.0 Å². The molecule has 3 rings (SSSR count). The summed E-state index contributed by atoms with van der Waals surface area (Å²) in [6.07, 6.45) is 2.36. The number of para-hydroxylation sites is 1. The van der Waals surface area contributed by atoms with E-state index in [-0.39, 0.29) is 5.56 Å². The minimum absolute atomic E-state index is 0.259. The van der Waals surface area contributed by atoms with Crippen LogP contribution in [-0.4, -0.2) is 25.7 Å². The summed E-state index contributed by atoms with van der Waals surface area (Å²) in [7, 11) is 1.85. The Bertz CT molecular complexity index is 1060. The lowest BCUT2D eigenvalue weighted by Gasteiger charge is -2.11. The van der Waals surface area contributed by atoms with Crippen LogP contribution in [0, 0.1) is 13.8 Å². The molecule has 0 amide bonds. The van der Waals surface area contributed by atoms with E-state index in [0.717, 1.165) is 17.0 Å². The summed E-state index contributed by atoms with van der Waals surface area (Å²) in [6.45, 7) is 5.47. The quantitative estimate of drug-likeness (QED) is 0.576. The van der Waals surface area contributed by atoms with Gasteiger partial charge in [-0.1, -0.05) is 12.1 Å². The summed E-state index contributed by atoms with van der Waals surface area (Å²) in [4.78, 5) is 31.3. The predicted octanol–water partition coefficient (Wildman–Crippen LogP) is 2.59. The summed E-state index contributed by atoms with van der Waals surface area (Å²) in [5.74, 6) is -0.208. The van der Waals surface area contributed by atoms with Crippen LogP contribution in [0.3, 0.4) is 0 Å². The summed E-state index contributed by atoms with van der Waals surface area (Å²) >= 11 is 0. The molecule has 0 bridgehead atoms. The highest BCUT2D eigenvalue weighted by Crippen LogP contribution is 2.16.